The van der Waals surface area contributed by atoms with E-state index >= 15 is 0 Å². The molecular weight excluding hydrogens is 242 g/mol. The van der Waals surface area contributed by atoms with Crippen LogP contribution in [0.5, 0.6) is 0 Å². The lowest BCUT2D eigenvalue weighted by molar-refractivity contribution is -0.151. The number of rotatable bonds is 5. The fourth-order valence-electron chi connectivity index (χ4n) is 3.17. The summed E-state index contributed by atoms with van der Waals surface area (Å²) in [5, 5.41) is 13.9. The number of hydrogen-bond donors (Lipinski definition) is 1. The van der Waals surface area contributed by atoms with Crippen molar-refractivity contribution >= 4 is 5.97 Å². The Morgan fingerprint density at radius 1 is 1.58 bits per heavy atom. The molecule has 2 heterocycles. The molecule has 106 valence electrons. The number of aliphatic carboxylic acids is 1. The molecule has 0 bridgehead atoms. The molecule has 5 heteroatoms. The quantitative estimate of drug-likeness (QED) is 0.887. The van der Waals surface area contributed by atoms with Crippen molar-refractivity contribution in [3.63, 3.8) is 0 Å². The van der Waals surface area contributed by atoms with E-state index in [2.05, 4.69) is 16.9 Å². The minimum atomic E-state index is -0.701. The van der Waals surface area contributed by atoms with E-state index < -0.39 is 11.5 Å². The summed E-state index contributed by atoms with van der Waals surface area (Å²) in [6, 6.07) is 0.0962. The third-order valence-corrected chi connectivity index (χ3v) is 4.45. The summed E-state index contributed by atoms with van der Waals surface area (Å²) in [7, 11) is 0. The van der Waals surface area contributed by atoms with Gasteiger partial charge in [-0.05, 0) is 39.7 Å². The summed E-state index contributed by atoms with van der Waals surface area (Å²) >= 11 is 0. The van der Waals surface area contributed by atoms with E-state index in [1.165, 1.54) is 0 Å². The van der Waals surface area contributed by atoms with E-state index in [1.807, 2.05) is 30.9 Å². The first-order chi connectivity index (χ1) is 9.05. The highest BCUT2D eigenvalue weighted by Crippen LogP contribution is 2.39. The number of carboxylic acids is 1. The Hall–Kier alpha value is -1.36. The Bertz CT molecular complexity index is 457. The van der Waals surface area contributed by atoms with Crippen molar-refractivity contribution in [2.75, 3.05) is 6.54 Å². The standard InChI is InChI=1S/C14H23N3O2/c1-4-14(13(18)19)7-6-8-17(14)11(3)12-9-15-16(5-2)10-12/h9-11H,4-8H2,1-3H3,(H,18,19). The molecule has 1 saturated heterocycles. The van der Waals surface area contributed by atoms with Gasteiger partial charge in [0.25, 0.3) is 0 Å². The number of carboxylic acid groups (broad SMARTS) is 1. The summed E-state index contributed by atoms with van der Waals surface area (Å²) < 4.78 is 1.89. The molecule has 1 aromatic rings. The largest absolute Gasteiger partial charge is 0.480 e. The summed E-state index contributed by atoms with van der Waals surface area (Å²) in [5.74, 6) is -0.692. The van der Waals surface area contributed by atoms with Crippen LogP contribution in [0.1, 0.15) is 51.6 Å². The van der Waals surface area contributed by atoms with Crippen LogP contribution in [0, 0.1) is 0 Å². The number of nitrogens with zero attached hydrogens (tertiary/aromatic N) is 3. The average Bonchev–Trinajstić information content (AvgIpc) is 3.04. The molecule has 2 atom stereocenters. The summed E-state index contributed by atoms with van der Waals surface area (Å²) in [5.41, 5.74) is 0.399. The minimum absolute atomic E-state index is 0.0962. The first-order valence-electron chi connectivity index (χ1n) is 7.07. The van der Waals surface area contributed by atoms with Crippen LogP contribution in [0.25, 0.3) is 0 Å². The van der Waals surface area contributed by atoms with E-state index in [4.69, 9.17) is 0 Å². The van der Waals surface area contributed by atoms with E-state index in [9.17, 15) is 9.90 Å². The molecule has 1 fully saturated rings. The Morgan fingerprint density at radius 2 is 2.32 bits per heavy atom. The minimum Gasteiger partial charge on any atom is -0.480 e. The number of aryl methyl sites for hydroxylation is 1. The zero-order valence-electron chi connectivity index (χ0n) is 12.0. The summed E-state index contributed by atoms with van der Waals surface area (Å²) in [4.78, 5) is 13.8. The highest BCUT2D eigenvalue weighted by molar-refractivity contribution is 5.79. The zero-order chi connectivity index (χ0) is 14.0. The number of hydrogen-bond acceptors (Lipinski definition) is 3. The van der Waals surface area contributed by atoms with Crippen molar-refractivity contribution in [3.8, 4) is 0 Å². The number of carbonyl (C=O) groups is 1. The third-order valence-electron chi connectivity index (χ3n) is 4.45. The molecule has 0 saturated carbocycles. The van der Waals surface area contributed by atoms with Crippen LogP contribution in [0.2, 0.25) is 0 Å². The van der Waals surface area contributed by atoms with Crippen LogP contribution >= 0.6 is 0 Å². The van der Waals surface area contributed by atoms with Crippen molar-refractivity contribution in [1.82, 2.24) is 14.7 Å². The van der Waals surface area contributed by atoms with Gasteiger partial charge in [0.1, 0.15) is 5.54 Å². The highest BCUT2D eigenvalue weighted by atomic mass is 16.4. The second-order valence-corrected chi connectivity index (χ2v) is 5.29. The van der Waals surface area contributed by atoms with Gasteiger partial charge in [0.05, 0.1) is 6.20 Å². The van der Waals surface area contributed by atoms with Crippen molar-refractivity contribution in [3.05, 3.63) is 18.0 Å². The first-order valence-corrected chi connectivity index (χ1v) is 7.07. The lowest BCUT2D eigenvalue weighted by atomic mass is 9.91. The van der Waals surface area contributed by atoms with Crippen LogP contribution < -0.4 is 0 Å². The van der Waals surface area contributed by atoms with Gasteiger partial charge in [0, 0.05) is 24.3 Å². The van der Waals surface area contributed by atoms with Gasteiger partial charge in [-0.1, -0.05) is 6.92 Å². The van der Waals surface area contributed by atoms with Gasteiger partial charge in [-0.15, -0.1) is 0 Å². The van der Waals surface area contributed by atoms with E-state index in [1.54, 1.807) is 0 Å². The Kier molecular flexibility index (Phi) is 3.94. The van der Waals surface area contributed by atoms with Gasteiger partial charge in [-0.25, -0.2) is 0 Å². The topological polar surface area (TPSA) is 58.4 Å². The Balaban J connectivity index is 2.26. The molecule has 1 N–H and O–H groups in total. The molecule has 1 aliphatic rings. The van der Waals surface area contributed by atoms with Gasteiger partial charge in [0.2, 0.25) is 0 Å². The normalized spacial score (nSPS) is 25.6. The maximum atomic E-state index is 11.7. The lowest BCUT2D eigenvalue weighted by Gasteiger charge is -2.37. The molecule has 1 aromatic heterocycles. The fraction of sp³-hybridized carbons (Fsp3) is 0.714. The monoisotopic (exact) mass is 265 g/mol. The third kappa shape index (κ3) is 2.27. The molecular formula is C14H23N3O2. The van der Waals surface area contributed by atoms with Crippen molar-refractivity contribution in [2.45, 2.75) is 58.2 Å². The molecule has 2 rings (SSSR count). The van der Waals surface area contributed by atoms with Crippen molar-refractivity contribution < 1.29 is 9.90 Å². The maximum absolute atomic E-state index is 11.7. The van der Waals surface area contributed by atoms with E-state index in [-0.39, 0.29) is 6.04 Å². The van der Waals surface area contributed by atoms with Crippen molar-refractivity contribution in [2.24, 2.45) is 0 Å². The highest BCUT2D eigenvalue weighted by Gasteiger charge is 2.48. The lowest BCUT2D eigenvalue weighted by Crippen LogP contribution is -2.50. The summed E-state index contributed by atoms with van der Waals surface area (Å²) in [6.45, 7) is 7.78. The number of likely N-dealkylation sites (tertiary alicyclic amines) is 1. The van der Waals surface area contributed by atoms with Gasteiger partial charge >= 0.3 is 5.97 Å². The summed E-state index contributed by atoms with van der Waals surface area (Å²) in [6.07, 6.45) is 6.21. The van der Waals surface area contributed by atoms with Crippen LogP contribution in [0.3, 0.4) is 0 Å². The molecule has 1 aliphatic heterocycles. The van der Waals surface area contributed by atoms with Gasteiger partial charge < -0.3 is 5.11 Å². The van der Waals surface area contributed by atoms with Gasteiger partial charge in [-0.3, -0.25) is 14.4 Å². The van der Waals surface area contributed by atoms with Crippen LogP contribution in [0.15, 0.2) is 12.4 Å². The molecule has 0 spiro atoms. The van der Waals surface area contributed by atoms with Crippen molar-refractivity contribution in [1.29, 1.82) is 0 Å². The van der Waals surface area contributed by atoms with Crippen LogP contribution in [-0.4, -0.2) is 37.8 Å². The predicted molar refractivity (Wildman–Crippen MR) is 72.9 cm³/mol. The average molecular weight is 265 g/mol. The molecule has 0 radical (unpaired) electrons. The maximum Gasteiger partial charge on any atom is 0.324 e. The van der Waals surface area contributed by atoms with Crippen LogP contribution in [-0.2, 0) is 11.3 Å². The van der Waals surface area contributed by atoms with Gasteiger partial charge in [0.15, 0.2) is 0 Å². The zero-order valence-corrected chi connectivity index (χ0v) is 12.0. The van der Waals surface area contributed by atoms with Gasteiger partial charge in [-0.2, -0.15) is 5.10 Å². The van der Waals surface area contributed by atoms with E-state index in [0.717, 1.165) is 31.5 Å². The molecule has 2 unspecified atom stereocenters. The SMILES string of the molecule is CCn1cc(C(C)N2CCCC2(CC)C(=O)O)cn1. The molecule has 0 aliphatic carbocycles. The second kappa shape index (κ2) is 5.33. The molecule has 19 heavy (non-hydrogen) atoms. The van der Waals surface area contributed by atoms with E-state index in [0.29, 0.717) is 6.42 Å². The number of aromatic nitrogens is 2. The molecule has 0 amide bonds. The predicted octanol–water partition coefficient (Wildman–Crippen LogP) is 2.29. The molecule has 0 aromatic carbocycles. The Labute approximate surface area is 114 Å². The second-order valence-electron chi connectivity index (χ2n) is 5.29. The fourth-order valence-corrected chi connectivity index (χ4v) is 3.17. The smallest absolute Gasteiger partial charge is 0.324 e. The van der Waals surface area contributed by atoms with Crippen LogP contribution in [0.4, 0.5) is 0 Å². The molecule has 5 nitrogen and oxygen atoms in total. The Morgan fingerprint density at radius 3 is 2.84 bits per heavy atom. The first kappa shape index (κ1) is 14.1.